The minimum atomic E-state index is -0.552. The van der Waals surface area contributed by atoms with E-state index in [2.05, 4.69) is 15.8 Å². The van der Waals surface area contributed by atoms with E-state index in [0.717, 1.165) is 26.8 Å². The van der Waals surface area contributed by atoms with Crippen LogP contribution in [0.3, 0.4) is 0 Å². The fourth-order valence-electron chi connectivity index (χ4n) is 4.43. The highest BCUT2D eigenvalue weighted by Crippen LogP contribution is 2.36. The molecule has 0 saturated heterocycles. The van der Waals surface area contributed by atoms with Crippen LogP contribution in [-0.4, -0.2) is 58.4 Å². The average molecular weight is 559 g/mol. The van der Waals surface area contributed by atoms with Gasteiger partial charge in [0.15, 0.2) is 0 Å². The molecule has 2 amide bonds. The Balaban J connectivity index is 1.53. The lowest BCUT2D eigenvalue weighted by Crippen LogP contribution is -2.35. The smallest absolute Gasteiger partial charge is 0.275 e. The van der Waals surface area contributed by atoms with Crippen molar-refractivity contribution in [1.82, 2.24) is 10.3 Å². The van der Waals surface area contributed by atoms with E-state index in [1.54, 1.807) is 38.3 Å². The van der Waals surface area contributed by atoms with Gasteiger partial charge in [0.05, 0.1) is 24.0 Å². The van der Waals surface area contributed by atoms with E-state index in [1.807, 2.05) is 66.4 Å². The first kappa shape index (κ1) is 29.1. The van der Waals surface area contributed by atoms with Gasteiger partial charge in [0.25, 0.3) is 11.8 Å². The number of aliphatic hydroxyl groups is 2. The normalized spacial score (nSPS) is 13.1. The van der Waals surface area contributed by atoms with Crippen molar-refractivity contribution < 1.29 is 19.8 Å². The predicted octanol–water partition coefficient (Wildman–Crippen LogP) is 4.79. The van der Waals surface area contributed by atoms with E-state index in [1.165, 1.54) is 11.3 Å². The molecular weight excluding hydrogens is 524 g/mol. The molecule has 1 heterocycles. The molecule has 0 aliphatic rings. The maximum absolute atomic E-state index is 13.3. The van der Waals surface area contributed by atoms with E-state index in [4.69, 9.17) is 0 Å². The molecule has 0 fully saturated rings. The molecule has 0 spiro atoms. The van der Waals surface area contributed by atoms with Gasteiger partial charge in [0, 0.05) is 35.3 Å². The Morgan fingerprint density at radius 3 is 2.35 bits per heavy atom. The number of carbonyl (C=O) groups excluding carboxylic acids is 2. The van der Waals surface area contributed by atoms with Gasteiger partial charge in [0.2, 0.25) is 0 Å². The second-order valence-electron chi connectivity index (χ2n) is 9.96. The molecule has 0 aliphatic heterocycles. The highest BCUT2D eigenvalue weighted by molar-refractivity contribution is 7.23. The highest BCUT2D eigenvalue weighted by atomic mass is 32.1. The van der Waals surface area contributed by atoms with Crippen molar-refractivity contribution in [2.24, 2.45) is 5.10 Å². The summed E-state index contributed by atoms with van der Waals surface area (Å²) in [5, 5.41) is 27.9. The molecule has 4 rings (SSSR count). The Hall–Kier alpha value is -3.89. The second-order valence-corrected chi connectivity index (χ2v) is 11.0. The number of hydrazone groups is 1. The van der Waals surface area contributed by atoms with Gasteiger partial charge >= 0.3 is 0 Å². The summed E-state index contributed by atoms with van der Waals surface area (Å²) in [6, 6.07) is 22.4. The van der Waals surface area contributed by atoms with Crippen molar-refractivity contribution in [1.29, 1.82) is 0 Å². The van der Waals surface area contributed by atoms with E-state index in [-0.39, 0.29) is 5.91 Å². The SMILES string of the molecule is Cc1ccc(/C=N/NC(=O)c2c(NC(=O)c3cccc(CN(CC(C)O)CC(C)O)c3)sc3ccccc23)cc1. The van der Waals surface area contributed by atoms with Crippen molar-refractivity contribution in [2.45, 2.75) is 39.5 Å². The maximum Gasteiger partial charge on any atom is 0.275 e. The van der Waals surface area contributed by atoms with Gasteiger partial charge in [-0.3, -0.25) is 14.5 Å². The molecule has 0 aliphatic carbocycles. The summed E-state index contributed by atoms with van der Waals surface area (Å²) in [5.74, 6) is -0.764. The molecule has 40 heavy (non-hydrogen) atoms. The van der Waals surface area contributed by atoms with Gasteiger partial charge in [-0.25, -0.2) is 5.43 Å². The highest BCUT2D eigenvalue weighted by Gasteiger charge is 2.21. The van der Waals surface area contributed by atoms with Crippen LogP contribution in [0, 0.1) is 6.92 Å². The molecule has 2 unspecified atom stereocenters. The van der Waals surface area contributed by atoms with Crippen LogP contribution in [0.25, 0.3) is 10.1 Å². The van der Waals surface area contributed by atoms with Crippen molar-refractivity contribution in [3.63, 3.8) is 0 Å². The molecule has 2 atom stereocenters. The monoisotopic (exact) mass is 558 g/mol. The first-order valence-electron chi connectivity index (χ1n) is 13.1. The number of fused-ring (bicyclic) bond motifs is 1. The molecule has 4 aromatic rings. The minimum absolute atomic E-state index is 0.344. The molecule has 0 saturated carbocycles. The summed E-state index contributed by atoms with van der Waals surface area (Å²) in [6.07, 6.45) is 0.474. The number of rotatable bonds is 11. The average Bonchev–Trinajstić information content (AvgIpc) is 3.27. The van der Waals surface area contributed by atoms with Crippen LogP contribution in [0.15, 0.2) is 77.9 Å². The summed E-state index contributed by atoms with van der Waals surface area (Å²) in [7, 11) is 0. The third kappa shape index (κ3) is 7.83. The summed E-state index contributed by atoms with van der Waals surface area (Å²) >= 11 is 1.33. The Labute approximate surface area is 238 Å². The molecular formula is C31H34N4O4S. The Morgan fingerprint density at radius 2 is 1.65 bits per heavy atom. The third-order valence-electron chi connectivity index (χ3n) is 6.15. The number of anilines is 1. The van der Waals surface area contributed by atoms with E-state index in [0.29, 0.717) is 35.8 Å². The van der Waals surface area contributed by atoms with Crippen LogP contribution in [0.5, 0.6) is 0 Å². The van der Waals surface area contributed by atoms with Gasteiger partial charge in [-0.05, 0) is 50.1 Å². The van der Waals surface area contributed by atoms with Crippen LogP contribution in [0.4, 0.5) is 5.00 Å². The molecule has 8 nitrogen and oxygen atoms in total. The van der Waals surface area contributed by atoms with Crippen LogP contribution in [-0.2, 0) is 6.54 Å². The summed E-state index contributed by atoms with van der Waals surface area (Å²) in [5.41, 5.74) is 6.24. The number of nitrogens with one attached hydrogen (secondary N) is 2. The molecule has 4 N–H and O–H groups in total. The number of thiophene rings is 1. The lowest BCUT2D eigenvalue weighted by atomic mass is 10.1. The van der Waals surface area contributed by atoms with Gasteiger partial charge in [0.1, 0.15) is 5.00 Å². The van der Waals surface area contributed by atoms with Crippen molar-refractivity contribution in [3.05, 3.63) is 101 Å². The first-order valence-corrected chi connectivity index (χ1v) is 13.9. The van der Waals surface area contributed by atoms with Gasteiger partial charge in [-0.2, -0.15) is 5.10 Å². The lowest BCUT2D eigenvalue weighted by Gasteiger charge is -2.25. The molecule has 1 aromatic heterocycles. The number of benzene rings is 3. The molecule has 208 valence electrons. The van der Waals surface area contributed by atoms with E-state index >= 15 is 0 Å². The summed E-state index contributed by atoms with van der Waals surface area (Å²) in [4.78, 5) is 28.5. The van der Waals surface area contributed by atoms with E-state index in [9.17, 15) is 19.8 Å². The third-order valence-corrected chi connectivity index (χ3v) is 7.23. The number of amides is 2. The van der Waals surface area contributed by atoms with Gasteiger partial charge in [-0.1, -0.05) is 60.2 Å². The Bertz CT molecular complexity index is 1490. The standard InChI is InChI=1S/C31H34N4O4S/c1-20-11-13-23(14-12-20)16-32-34-30(39)28-26-9-4-5-10-27(26)40-31(28)33-29(38)25-8-6-7-24(15-25)19-35(17-21(2)36)18-22(3)37/h4-16,21-22,36-37H,17-19H2,1-3H3,(H,33,38)(H,34,39)/b32-16+. The number of carbonyl (C=O) groups is 2. The predicted molar refractivity (Wildman–Crippen MR) is 161 cm³/mol. The van der Waals surface area contributed by atoms with Gasteiger partial charge < -0.3 is 15.5 Å². The van der Waals surface area contributed by atoms with Crippen molar-refractivity contribution in [3.8, 4) is 0 Å². The zero-order valence-corrected chi connectivity index (χ0v) is 23.6. The number of nitrogens with zero attached hydrogens (tertiary/aromatic N) is 2. The largest absolute Gasteiger partial charge is 0.392 e. The summed E-state index contributed by atoms with van der Waals surface area (Å²) in [6.45, 7) is 6.66. The number of hydrogen-bond donors (Lipinski definition) is 4. The second kappa shape index (κ2) is 13.5. The minimum Gasteiger partial charge on any atom is -0.392 e. The molecule has 3 aromatic carbocycles. The maximum atomic E-state index is 13.3. The zero-order chi connectivity index (χ0) is 28.6. The molecule has 9 heteroatoms. The van der Waals surface area contributed by atoms with Crippen molar-refractivity contribution in [2.75, 3.05) is 18.4 Å². The van der Waals surface area contributed by atoms with Crippen LogP contribution in [0.1, 0.15) is 51.3 Å². The van der Waals surface area contributed by atoms with Gasteiger partial charge in [-0.15, -0.1) is 11.3 Å². The Morgan fingerprint density at radius 1 is 0.950 bits per heavy atom. The van der Waals surface area contributed by atoms with Crippen molar-refractivity contribution >= 4 is 44.5 Å². The molecule has 0 bridgehead atoms. The number of aryl methyl sites for hydroxylation is 1. The number of aliphatic hydroxyl groups excluding tert-OH is 2. The van der Waals surface area contributed by atoms with Crippen LogP contribution >= 0.6 is 11.3 Å². The fourth-order valence-corrected chi connectivity index (χ4v) is 5.52. The Kier molecular flexibility index (Phi) is 9.79. The fraction of sp³-hybridized carbons (Fsp3) is 0.258. The zero-order valence-electron chi connectivity index (χ0n) is 22.8. The first-order chi connectivity index (χ1) is 19.2. The lowest BCUT2D eigenvalue weighted by molar-refractivity contribution is 0.0793. The quantitative estimate of drug-likeness (QED) is 0.156. The van der Waals surface area contributed by atoms with Crippen LogP contribution < -0.4 is 10.7 Å². The molecule has 0 radical (unpaired) electrons. The topological polar surface area (TPSA) is 114 Å². The summed E-state index contributed by atoms with van der Waals surface area (Å²) < 4.78 is 0.867. The van der Waals surface area contributed by atoms with Crippen LogP contribution in [0.2, 0.25) is 0 Å². The van der Waals surface area contributed by atoms with E-state index < -0.39 is 18.1 Å². The number of hydrogen-bond acceptors (Lipinski definition) is 7.